The zero-order valence-electron chi connectivity index (χ0n) is 18.0. The Morgan fingerprint density at radius 1 is 0.903 bits per heavy atom. The van der Waals surface area contributed by atoms with Gasteiger partial charge in [0.25, 0.3) is 5.69 Å². The van der Waals surface area contributed by atoms with E-state index in [-0.39, 0.29) is 34.3 Å². The highest BCUT2D eigenvalue weighted by molar-refractivity contribution is 5.82. The molecule has 31 heavy (non-hydrogen) atoms. The van der Waals surface area contributed by atoms with Crippen LogP contribution in [0.2, 0.25) is 0 Å². The molecule has 3 fully saturated rings. The number of nitro benzene ring substituents is 1. The highest BCUT2D eigenvalue weighted by atomic mass is 16.6. The lowest BCUT2D eigenvalue weighted by Gasteiger charge is -2.38. The van der Waals surface area contributed by atoms with Gasteiger partial charge in [-0.25, -0.2) is 0 Å². The number of amides is 2. The van der Waals surface area contributed by atoms with Crippen molar-refractivity contribution in [3.05, 3.63) is 39.9 Å². The fourth-order valence-corrected chi connectivity index (χ4v) is 4.86. The number of hydrogen-bond acceptors (Lipinski definition) is 5. The Morgan fingerprint density at radius 3 is 1.94 bits per heavy atom. The lowest BCUT2D eigenvalue weighted by molar-refractivity contribution is -0.385. The molecule has 2 saturated carbocycles. The van der Waals surface area contributed by atoms with E-state index in [4.69, 9.17) is 0 Å². The summed E-state index contributed by atoms with van der Waals surface area (Å²) in [5.74, 6) is 1.38. The fraction of sp³-hybridized carbons (Fsp3) is 0.652. The van der Waals surface area contributed by atoms with Crippen LogP contribution in [0.25, 0.3) is 0 Å². The molecule has 0 atom stereocenters. The molecule has 1 heterocycles. The van der Waals surface area contributed by atoms with Crippen LogP contribution >= 0.6 is 0 Å². The predicted molar refractivity (Wildman–Crippen MR) is 116 cm³/mol. The first-order valence-corrected chi connectivity index (χ1v) is 11.5. The third-order valence-corrected chi connectivity index (χ3v) is 6.96. The molecule has 1 saturated heterocycles. The summed E-state index contributed by atoms with van der Waals surface area (Å²) >= 11 is 0. The summed E-state index contributed by atoms with van der Waals surface area (Å²) in [6, 6.07) is 6.83. The second-order valence-electron chi connectivity index (χ2n) is 9.16. The van der Waals surface area contributed by atoms with E-state index in [1.165, 1.54) is 6.07 Å². The Morgan fingerprint density at radius 2 is 1.42 bits per heavy atom. The number of para-hydroxylation sites is 1. The van der Waals surface area contributed by atoms with Gasteiger partial charge in [0.1, 0.15) is 0 Å². The van der Waals surface area contributed by atoms with Crippen molar-refractivity contribution in [3.8, 4) is 0 Å². The van der Waals surface area contributed by atoms with Gasteiger partial charge in [-0.2, -0.15) is 0 Å². The number of carbonyl (C=O) groups is 2. The Hall–Kier alpha value is -2.48. The third kappa shape index (κ3) is 5.42. The van der Waals surface area contributed by atoms with Crippen molar-refractivity contribution in [2.24, 2.45) is 17.8 Å². The molecule has 2 amide bonds. The van der Waals surface area contributed by atoms with Crippen molar-refractivity contribution in [2.75, 3.05) is 32.7 Å². The average Bonchev–Trinajstić information content (AvgIpc) is 3.64. The molecule has 0 unspecified atom stereocenters. The smallest absolute Gasteiger partial charge is 0.273 e. The molecule has 4 rings (SSSR count). The van der Waals surface area contributed by atoms with Crippen LogP contribution in [0, 0.1) is 27.9 Å². The minimum absolute atomic E-state index is 0.0946. The van der Waals surface area contributed by atoms with Gasteiger partial charge in [-0.3, -0.25) is 19.7 Å². The van der Waals surface area contributed by atoms with E-state index in [2.05, 4.69) is 5.32 Å². The summed E-state index contributed by atoms with van der Waals surface area (Å²) in [6.45, 7) is 3.97. The molecule has 0 aromatic heterocycles. The van der Waals surface area contributed by atoms with E-state index in [0.717, 1.165) is 45.1 Å². The number of nitrogens with zero attached hydrogens (tertiary/aromatic N) is 3. The number of rotatable bonds is 7. The molecule has 3 aliphatic rings. The van der Waals surface area contributed by atoms with Crippen molar-refractivity contribution in [3.63, 3.8) is 0 Å². The second-order valence-corrected chi connectivity index (χ2v) is 9.16. The molecule has 1 aromatic rings. The fourth-order valence-electron chi connectivity index (χ4n) is 4.86. The zero-order valence-corrected chi connectivity index (χ0v) is 18.0. The summed E-state index contributed by atoms with van der Waals surface area (Å²) in [7, 11) is 0. The summed E-state index contributed by atoms with van der Waals surface area (Å²) in [5.41, 5.74) is 0.860. The SMILES string of the molecule is O=C(C1CC1)N1CCN(C(=O)[C@H]2CC[C@H](CNCc3ccccc3[N+](=O)[O-])CC2)CC1. The van der Waals surface area contributed by atoms with Crippen LogP contribution in [0.15, 0.2) is 24.3 Å². The van der Waals surface area contributed by atoms with Gasteiger partial charge in [0, 0.05) is 56.2 Å². The van der Waals surface area contributed by atoms with Gasteiger partial charge in [-0.15, -0.1) is 0 Å². The number of nitro groups is 1. The maximum Gasteiger partial charge on any atom is 0.273 e. The average molecular weight is 429 g/mol. The van der Waals surface area contributed by atoms with Crippen molar-refractivity contribution < 1.29 is 14.5 Å². The highest BCUT2D eigenvalue weighted by Gasteiger charge is 2.36. The lowest BCUT2D eigenvalue weighted by atomic mass is 9.81. The maximum absolute atomic E-state index is 12.9. The Balaban J connectivity index is 1.16. The standard InChI is InChI=1S/C23H32N4O4/c28-22(25-11-13-26(14-12-25)23(29)19-9-10-19)18-7-5-17(6-8-18)15-24-16-20-3-1-2-4-21(20)27(30)31/h1-4,17-19,24H,5-16H2/t17-,18-. The van der Waals surface area contributed by atoms with E-state index >= 15 is 0 Å². The molecule has 0 bridgehead atoms. The van der Waals surface area contributed by atoms with Crippen LogP contribution in [0.4, 0.5) is 5.69 Å². The van der Waals surface area contributed by atoms with Crippen molar-refractivity contribution in [1.29, 1.82) is 0 Å². The van der Waals surface area contributed by atoms with E-state index in [1.807, 2.05) is 15.9 Å². The van der Waals surface area contributed by atoms with Gasteiger partial charge in [-0.05, 0) is 51.0 Å². The van der Waals surface area contributed by atoms with Gasteiger partial charge in [0.05, 0.1) is 4.92 Å². The van der Waals surface area contributed by atoms with Crippen molar-refractivity contribution in [1.82, 2.24) is 15.1 Å². The molecular formula is C23H32N4O4. The molecule has 1 N–H and O–H groups in total. The third-order valence-electron chi connectivity index (χ3n) is 6.96. The Kier molecular flexibility index (Phi) is 6.85. The Bertz CT molecular complexity index is 810. The molecular weight excluding hydrogens is 396 g/mol. The van der Waals surface area contributed by atoms with E-state index < -0.39 is 0 Å². The minimum Gasteiger partial charge on any atom is -0.339 e. The van der Waals surface area contributed by atoms with Crippen molar-refractivity contribution in [2.45, 2.75) is 45.1 Å². The van der Waals surface area contributed by atoms with Gasteiger partial charge < -0.3 is 15.1 Å². The van der Waals surface area contributed by atoms with Crippen LogP contribution in [0.5, 0.6) is 0 Å². The molecule has 8 heteroatoms. The predicted octanol–water partition coefficient (Wildman–Crippen LogP) is 2.57. The van der Waals surface area contributed by atoms with Crippen LogP contribution in [0.1, 0.15) is 44.1 Å². The van der Waals surface area contributed by atoms with Crippen LogP contribution < -0.4 is 5.32 Å². The number of hydrogen-bond donors (Lipinski definition) is 1. The van der Waals surface area contributed by atoms with Crippen molar-refractivity contribution >= 4 is 17.5 Å². The molecule has 2 aliphatic carbocycles. The van der Waals surface area contributed by atoms with E-state index in [9.17, 15) is 19.7 Å². The summed E-state index contributed by atoms with van der Waals surface area (Å²) in [6.07, 6.45) is 5.85. The number of benzene rings is 1. The number of carbonyl (C=O) groups excluding carboxylic acids is 2. The second kappa shape index (κ2) is 9.77. The molecule has 0 spiro atoms. The summed E-state index contributed by atoms with van der Waals surface area (Å²) in [4.78, 5) is 39.8. The quantitative estimate of drug-likeness (QED) is 0.532. The van der Waals surface area contributed by atoms with Crippen LogP contribution in [0.3, 0.4) is 0 Å². The van der Waals surface area contributed by atoms with Gasteiger partial charge in [0.15, 0.2) is 0 Å². The number of nitrogens with one attached hydrogen (secondary N) is 1. The minimum atomic E-state index is -0.338. The monoisotopic (exact) mass is 428 g/mol. The molecule has 8 nitrogen and oxygen atoms in total. The summed E-state index contributed by atoms with van der Waals surface area (Å²) in [5, 5.41) is 14.5. The van der Waals surface area contributed by atoms with Gasteiger partial charge >= 0.3 is 0 Å². The van der Waals surface area contributed by atoms with Crippen LogP contribution in [-0.2, 0) is 16.1 Å². The zero-order chi connectivity index (χ0) is 21.8. The molecule has 0 radical (unpaired) electrons. The Labute approximate surface area is 183 Å². The lowest BCUT2D eigenvalue weighted by Crippen LogP contribution is -2.52. The number of piperazine rings is 1. The molecule has 168 valence electrons. The molecule has 1 aliphatic heterocycles. The topological polar surface area (TPSA) is 95.8 Å². The summed E-state index contributed by atoms with van der Waals surface area (Å²) < 4.78 is 0. The highest BCUT2D eigenvalue weighted by Crippen LogP contribution is 2.32. The first kappa shape index (κ1) is 21.7. The van der Waals surface area contributed by atoms with E-state index in [1.54, 1.807) is 12.1 Å². The van der Waals surface area contributed by atoms with Crippen LogP contribution in [-0.4, -0.2) is 59.3 Å². The normalized spacial score (nSPS) is 24.1. The van der Waals surface area contributed by atoms with E-state index in [0.29, 0.717) is 44.2 Å². The first-order valence-electron chi connectivity index (χ1n) is 11.5. The largest absolute Gasteiger partial charge is 0.339 e. The maximum atomic E-state index is 12.9. The molecule has 1 aromatic carbocycles. The van der Waals surface area contributed by atoms with Gasteiger partial charge in [0.2, 0.25) is 11.8 Å². The van der Waals surface area contributed by atoms with Gasteiger partial charge in [-0.1, -0.05) is 18.2 Å². The first-order chi connectivity index (χ1) is 15.0.